The smallest absolute Gasteiger partial charge is 0.118 e. The molecule has 1 aliphatic carbocycles. The van der Waals surface area contributed by atoms with Crippen LogP contribution < -0.4 is 5.73 Å². The second-order valence-electron chi connectivity index (χ2n) is 5.13. The van der Waals surface area contributed by atoms with E-state index in [2.05, 4.69) is 11.0 Å². The number of nitrogens with zero attached hydrogens (tertiary/aromatic N) is 2. The molecule has 0 aromatic carbocycles. The van der Waals surface area contributed by atoms with Crippen molar-refractivity contribution in [3.05, 3.63) is 0 Å². The summed E-state index contributed by atoms with van der Waals surface area (Å²) in [6.45, 7) is 1.81. The van der Waals surface area contributed by atoms with Crippen LogP contribution in [0.2, 0.25) is 0 Å². The normalized spacial score (nSPS) is 34.9. The largest absolute Gasteiger partial charge is 0.312 e. The topological polar surface area (TPSA) is 53.1 Å². The van der Waals surface area contributed by atoms with Gasteiger partial charge in [0.15, 0.2) is 0 Å². The molecule has 1 aliphatic heterocycles. The molecule has 0 spiro atoms. The molecule has 0 bridgehead atoms. The van der Waals surface area contributed by atoms with E-state index < -0.39 is 5.54 Å². The summed E-state index contributed by atoms with van der Waals surface area (Å²) in [5, 5.41) is 9.00. The van der Waals surface area contributed by atoms with Gasteiger partial charge >= 0.3 is 0 Å². The third-order valence-electron chi connectivity index (χ3n) is 3.89. The fourth-order valence-electron chi connectivity index (χ4n) is 2.89. The fourth-order valence-corrected chi connectivity index (χ4v) is 2.89. The molecular weight excluding hydrogens is 186 g/mol. The lowest BCUT2D eigenvalue weighted by Gasteiger charge is -2.27. The highest BCUT2D eigenvalue weighted by molar-refractivity contribution is 5.11. The van der Waals surface area contributed by atoms with Crippen molar-refractivity contribution in [2.75, 3.05) is 13.1 Å². The molecule has 2 aliphatic rings. The quantitative estimate of drug-likeness (QED) is 0.665. The highest BCUT2D eigenvalue weighted by Crippen LogP contribution is 2.27. The SMILES string of the molecule is N#CC1(N)CCN(C2CCCCCC2)C1. The Morgan fingerprint density at radius 1 is 1.20 bits per heavy atom. The number of rotatable bonds is 1. The Labute approximate surface area is 92.2 Å². The minimum Gasteiger partial charge on any atom is -0.312 e. The molecule has 3 nitrogen and oxygen atoms in total. The van der Waals surface area contributed by atoms with Crippen molar-refractivity contribution in [1.82, 2.24) is 4.90 Å². The van der Waals surface area contributed by atoms with Crippen molar-refractivity contribution in [3.63, 3.8) is 0 Å². The first-order chi connectivity index (χ1) is 7.23. The van der Waals surface area contributed by atoms with E-state index in [-0.39, 0.29) is 0 Å². The van der Waals surface area contributed by atoms with Crippen LogP contribution in [0, 0.1) is 11.3 Å². The molecule has 0 aromatic heterocycles. The van der Waals surface area contributed by atoms with Gasteiger partial charge in [-0.2, -0.15) is 5.26 Å². The Kier molecular flexibility index (Phi) is 3.28. The monoisotopic (exact) mass is 207 g/mol. The third-order valence-corrected chi connectivity index (χ3v) is 3.89. The minimum atomic E-state index is -0.563. The highest BCUT2D eigenvalue weighted by atomic mass is 15.2. The van der Waals surface area contributed by atoms with Gasteiger partial charge in [-0.25, -0.2) is 0 Å². The second kappa shape index (κ2) is 4.51. The molecule has 84 valence electrons. The van der Waals surface area contributed by atoms with E-state index in [0.29, 0.717) is 6.04 Å². The molecule has 0 amide bonds. The van der Waals surface area contributed by atoms with Gasteiger partial charge in [-0.05, 0) is 19.3 Å². The first-order valence-corrected chi connectivity index (χ1v) is 6.18. The number of nitriles is 1. The lowest BCUT2D eigenvalue weighted by Crippen LogP contribution is -2.43. The summed E-state index contributed by atoms with van der Waals surface area (Å²) in [6, 6.07) is 2.96. The zero-order valence-corrected chi connectivity index (χ0v) is 9.41. The summed E-state index contributed by atoms with van der Waals surface area (Å²) in [5.74, 6) is 0. The molecule has 0 radical (unpaired) electrons. The van der Waals surface area contributed by atoms with E-state index in [1.54, 1.807) is 0 Å². The van der Waals surface area contributed by atoms with E-state index >= 15 is 0 Å². The maximum atomic E-state index is 9.00. The number of nitrogens with two attached hydrogens (primary N) is 1. The van der Waals surface area contributed by atoms with Crippen molar-refractivity contribution in [3.8, 4) is 6.07 Å². The van der Waals surface area contributed by atoms with Crippen LogP contribution in [0.5, 0.6) is 0 Å². The molecule has 1 saturated heterocycles. The zero-order valence-electron chi connectivity index (χ0n) is 9.41. The summed E-state index contributed by atoms with van der Waals surface area (Å²) in [6.07, 6.45) is 8.94. The molecule has 1 atom stereocenters. The van der Waals surface area contributed by atoms with E-state index in [0.717, 1.165) is 19.5 Å². The van der Waals surface area contributed by atoms with Crippen molar-refractivity contribution in [1.29, 1.82) is 5.26 Å². The van der Waals surface area contributed by atoms with E-state index in [4.69, 9.17) is 11.0 Å². The van der Waals surface area contributed by atoms with Crippen LogP contribution in [0.1, 0.15) is 44.9 Å². The van der Waals surface area contributed by atoms with Crippen LogP contribution >= 0.6 is 0 Å². The van der Waals surface area contributed by atoms with Gasteiger partial charge in [0.05, 0.1) is 6.07 Å². The van der Waals surface area contributed by atoms with Gasteiger partial charge in [0.2, 0.25) is 0 Å². The van der Waals surface area contributed by atoms with Crippen molar-refractivity contribution < 1.29 is 0 Å². The summed E-state index contributed by atoms with van der Waals surface area (Å²) >= 11 is 0. The molecule has 2 rings (SSSR count). The Morgan fingerprint density at radius 2 is 1.87 bits per heavy atom. The van der Waals surface area contributed by atoms with Crippen molar-refractivity contribution in [2.24, 2.45) is 5.73 Å². The second-order valence-corrected chi connectivity index (χ2v) is 5.13. The van der Waals surface area contributed by atoms with E-state index in [9.17, 15) is 0 Å². The first kappa shape index (κ1) is 10.9. The van der Waals surface area contributed by atoms with Crippen LogP contribution in [0.15, 0.2) is 0 Å². The van der Waals surface area contributed by atoms with Crippen LogP contribution in [0.25, 0.3) is 0 Å². The zero-order chi connectivity index (χ0) is 10.7. The van der Waals surface area contributed by atoms with Gasteiger partial charge in [0.25, 0.3) is 0 Å². The molecule has 2 fully saturated rings. The maximum Gasteiger partial charge on any atom is 0.118 e. The summed E-state index contributed by atoms with van der Waals surface area (Å²) in [5.41, 5.74) is 5.43. The summed E-state index contributed by atoms with van der Waals surface area (Å²) in [4.78, 5) is 2.45. The predicted molar refractivity (Wildman–Crippen MR) is 60.2 cm³/mol. The average molecular weight is 207 g/mol. The Bertz CT molecular complexity index is 250. The number of hydrogen-bond acceptors (Lipinski definition) is 3. The molecule has 2 N–H and O–H groups in total. The number of hydrogen-bond donors (Lipinski definition) is 1. The van der Waals surface area contributed by atoms with Gasteiger partial charge in [0, 0.05) is 19.1 Å². The lowest BCUT2D eigenvalue weighted by molar-refractivity contribution is 0.214. The lowest BCUT2D eigenvalue weighted by atomic mass is 10.0. The Morgan fingerprint density at radius 3 is 2.40 bits per heavy atom. The molecule has 1 saturated carbocycles. The van der Waals surface area contributed by atoms with Gasteiger partial charge in [-0.15, -0.1) is 0 Å². The minimum absolute atomic E-state index is 0.563. The van der Waals surface area contributed by atoms with E-state index in [1.807, 2.05) is 0 Å². The Balaban J connectivity index is 1.92. The van der Waals surface area contributed by atoms with Crippen LogP contribution in [0.4, 0.5) is 0 Å². The van der Waals surface area contributed by atoms with Crippen LogP contribution in [0.3, 0.4) is 0 Å². The van der Waals surface area contributed by atoms with Crippen molar-refractivity contribution in [2.45, 2.75) is 56.5 Å². The number of likely N-dealkylation sites (tertiary alicyclic amines) is 1. The van der Waals surface area contributed by atoms with Gasteiger partial charge in [-0.1, -0.05) is 25.7 Å². The Hall–Kier alpha value is -0.590. The van der Waals surface area contributed by atoms with Crippen molar-refractivity contribution >= 4 is 0 Å². The van der Waals surface area contributed by atoms with Crippen LogP contribution in [-0.2, 0) is 0 Å². The van der Waals surface area contributed by atoms with Gasteiger partial charge in [-0.3, -0.25) is 4.90 Å². The standard InChI is InChI=1S/C12H21N3/c13-9-12(14)7-8-15(10-12)11-5-3-1-2-4-6-11/h11H,1-8,10,14H2. The molecular formula is C12H21N3. The first-order valence-electron chi connectivity index (χ1n) is 6.18. The third kappa shape index (κ3) is 2.50. The molecule has 1 unspecified atom stereocenters. The molecule has 0 aromatic rings. The summed E-state index contributed by atoms with van der Waals surface area (Å²) < 4.78 is 0. The predicted octanol–water partition coefficient (Wildman–Crippen LogP) is 1.64. The fraction of sp³-hybridized carbons (Fsp3) is 0.917. The highest BCUT2D eigenvalue weighted by Gasteiger charge is 2.37. The van der Waals surface area contributed by atoms with Gasteiger partial charge in [0.1, 0.15) is 5.54 Å². The average Bonchev–Trinajstić information content (AvgIpc) is 2.50. The molecule has 1 heterocycles. The van der Waals surface area contributed by atoms with E-state index in [1.165, 1.54) is 38.5 Å². The van der Waals surface area contributed by atoms with Crippen LogP contribution in [-0.4, -0.2) is 29.6 Å². The van der Waals surface area contributed by atoms with Gasteiger partial charge < -0.3 is 5.73 Å². The molecule has 15 heavy (non-hydrogen) atoms. The summed E-state index contributed by atoms with van der Waals surface area (Å²) in [7, 11) is 0. The maximum absolute atomic E-state index is 9.00. The molecule has 3 heteroatoms.